The van der Waals surface area contributed by atoms with Crippen molar-refractivity contribution in [3.63, 3.8) is 0 Å². The second-order valence-electron chi connectivity index (χ2n) is 9.21. The van der Waals surface area contributed by atoms with Crippen LogP contribution in [0.5, 0.6) is 0 Å². The van der Waals surface area contributed by atoms with Crippen molar-refractivity contribution in [2.75, 3.05) is 69.1 Å². The van der Waals surface area contributed by atoms with E-state index in [4.69, 9.17) is 31.5 Å². The van der Waals surface area contributed by atoms with Crippen molar-refractivity contribution in [3.05, 3.63) is 36.4 Å². The summed E-state index contributed by atoms with van der Waals surface area (Å²) in [6.07, 6.45) is 0. The number of carbonyl (C=O) groups excluding carboxylic acids is 1. The van der Waals surface area contributed by atoms with Crippen LogP contribution < -0.4 is 10.6 Å². The molecule has 0 amide bonds. The summed E-state index contributed by atoms with van der Waals surface area (Å²) in [6.45, 7) is 11.2. The molecule has 0 saturated heterocycles. The second kappa shape index (κ2) is 17.1. The molecule has 0 fully saturated rings. The molecule has 2 aromatic carbocycles. The molecule has 206 valence electrons. The van der Waals surface area contributed by atoms with Crippen molar-refractivity contribution in [1.29, 1.82) is 0 Å². The number of aliphatic hydroxyl groups excluding tert-OH is 1. The number of thiocarbonyl (C=S) groups is 1. The molecule has 0 aliphatic heterocycles. The Hall–Kier alpha value is -1.56. The zero-order chi connectivity index (χ0) is 27.1. The van der Waals surface area contributed by atoms with Gasteiger partial charge >= 0.3 is 5.97 Å². The van der Waals surface area contributed by atoms with E-state index in [2.05, 4.69) is 36.6 Å². The van der Waals surface area contributed by atoms with E-state index in [0.717, 1.165) is 31.4 Å². The van der Waals surface area contributed by atoms with E-state index in [0.29, 0.717) is 45.4 Å². The zero-order valence-corrected chi connectivity index (χ0v) is 24.7. The molecule has 3 N–H and O–H groups in total. The van der Waals surface area contributed by atoms with Crippen molar-refractivity contribution in [1.82, 2.24) is 0 Å². The largest absolute Gasteiger partial charge is 0.462 e. The highest BCUT2D eigenvalue weighted by Gasteiger charge is 2.32. The van der Waals surface area contributed by atoms with Crippen LogP contribution in [0.15, 0.2) is 36.4 Å². The number of thioether (sulfide) groups is 2. The number of rotatable bonds is 17. The van der Waals surface area contributed by atoms with Gasteiger partial charge in [0.15, 0.2) is 0 Å². The number of nitrogens with one attached hydrogen (secondary N) is 2. The first-order valence-corrected chi connectivity index (χ1v) is 14.7. The van der Waals surface area contributed by atoms with E-state index in [1.807, 2.05) is 38.1 Å². The van der Waals surface area contributed by atoms with Gasteiger partial charge in [-0.05, 0) is 31.9 Å². The Labute approximate surface area is 234 Å². The van der Waals surface area contributed by atoms with Crippen molar-refractivity contribution < 1.29 is 24.1 Å². The van der Waals surface area contributed by atoms with Gasteiger partial charge < -0.3 is 30.0 Å². The van der Waals surface area contributed by atoms with Gasteiger partial charge in [0.05, 0.1) is 33.0 Å². The van der Waals surface area contributed by atoms with Crippen LogP contribution in [-0.2, 0) is 19.0 Å². The molecule has 0 aliphatic carbocycles. The van der Waals surface area contributed by atoms with Crippen LogP contribution >= 0.6 is 35.7 Å². The van der Waals surface area contributed by atoms with Gasteiger partial charge in [0.2, 0.25) is 0 Å². The Morgan fingerprint density at radius 3 is 2.05 bits per heavy atom. The SMILES string of the molecule is CC(C)CSC(=S)SC(C)(C)C(=O)OCCOCCNc1cccc2c(NCCOCCO)cccc12. The summed E-state index contributed by atoms with van der Waals surface area (Å²) in [7, 11) is 0. The number of carbonyl (C=O) groups is 1. The summed E-state index contributed by atoms with van der Waals surface area (Å²) in [5, 5.41) is 17.9. The number of esters is 1. The van der Waals surface area contributed by atoms with Gasteiger partial charge in [0.25, 0.3) is 0 Å². The smallest absolute Gasteiger partial charge is 0.322 e. The fourth-order valence-electron chi connectivity index (χ4n) is 3.28. The number of aliphatic hydroxyl groups is 1. The summed E-state index contributed by atoms with van der Waals surface area (Å²) in [6, 6.07) is 12.3. The minimum absolute atomic E-state index is 0.0303. The normalized spacial score (nSPS) is 11.6. The molecule has 0 bridgehead atoms. The topological polar surface area (TPSA) is 89.1 Å². The average Bonchev–Trinajstić information content (AvgIpc) is 2.86. The van der Waals surface area contributed by atoms with Crippen LogP contribution in [0.1, 0.15) is 27.7 Å². The molecule has 0 spiro atoms. The lowest BCUT2D eigenvalue weighted by Crippen LogP contribution is -2.32. The Kier molecular flexibility index (Phi) is 14.6. The van der Waals surface area contributed by atoms with Crippen LogP contribution in [-0.4, -0.2) is 77.8 Å². The van der Waals surface area contributed by atoms with Crippen molar-refractivity contribution in [2.24, 2.45) is 5.92 Å². The van der Waals surface area contributed by atoms with Gasteiger partial charge in [-0.1, -0.05) is 62.1 Å². The summed E-state index contributed by atoms with van der Waals surface area (Å²) in [4.78, 5) is 12.5. The van der Waals surface area contributed by atoms with Gasteiger partial charge in [-0.25, -0.2) is 0 Å². The van der Waals surface area contributed by atoms with Crippen LogP contribution in [0, 0.1) is 5.92 Å². The Morgan fingerprint density at radius 2 is 1.51 bits per heavy atom. The van der Waals surface area contributed by atoms with E-state index >= 15 is 0 Å². The Balaban J connectivity index is 1.71. The first-order chi connectivity index (χ1) is 17.7. The van der Waals surface area contributed by atoms with Crippen LogP contribution in [0.4, 0.5) is 11.4 Å². The predicted molar refractivity (Wildman–Crippen MR) is 162 cm³/mol. The van der Waals surface area contributed by atoms with E-state index in [1.54, 1.807) is 11.8 Å². The molecule has 0 heterocycles. The Morgan fingerprint density at radius 1 is 0.946 bits per heavy atom. The maximum Gasteiger partial charge on any atom is 0.322 e. The first-order valence-electron chi connectivity index (χ1n) is 12.5. The number of hydrogen-bond donors (Lipinski definition) is 3. The van der Waals surface area contributed by atoms with Gasteiger partial charge in [0, 0.05) is 41.0 Å². The number of benzene rings is 2. The third-order valence-corrected chi connectivity index (χ3v) is 8.23. The molecule has 0 aliphatic rings. The summed E-state index contributed by atoms with van der Waals surface area (Å²) >= 11 is 8.39. The van der Waals surface area contributed by atoms with Crippen molar-refractivity contribution in [2.45, 2.75) is 32.4 Å². The summed E-state index contributed by atoms with van der Waals surface area (Å²) in [5.74, 6) is 1.21. The van der Waals surface area contributed by atoms with E-state index in [9.17, 15) is 4.79 Å². The number of anilines is 2. The maximum absolute atomic E-state index is 12.5. The fourth-order valence-corrected chi connectivity index (χ4v) is 6.21. The fraction of sp³-hybridized carbons (Fsp3) is 0.556. The minimum atomic E-state index is -0.725. The quantitative estimate of drug-likeness (QED) is 0.131. The van der Waals surface area contributed by atoms with E-state index < -0.39 is 4.75 Å². The van der Waals surface area contributed by atoms with Crippen LogP contribution in [0.2, 0.25) is 0 Å². The summed E-state index contributed by atoms with van der Waals surface area (Å²) in [5.41, 5.74) is 2.06. The lowest BCUT2D eigenvalue weighted by molar-refractivity contribution is -0.147. The van der Waals surface area contributed by atoms with Crippen LogP contribution in [0.25, 0.3) is 10.8 Å². The van der Waals surface area contributed by atoms with Gasteiger partial charge in [0.1, 0.15) is 14.9 Å². The first kappa shape index (κ1) is 31.7. The van der Waals surface area contributed by atoms with Crippen molar-refractivity contribution in [3.8, 4) is 0 Å². The van der Waals surface area contributed by atoms with Crippen molar-refractivity contribution >= 4 is 67.4 Å². The molecule has 2 rings (SSSR count). The predicted octanol–water partition coefficient (Wildman–Crippen LogP) is 5.42. The molecule has 0 atom stereocenters. The number of ether oxygens (including phenoxy) is 3. The second-order valence-corrected chi connectivity index (χ2v) is 13.1. The molecule has 0 unspecified atom stereocenters. The van der Waals surface area contributed by atoms with Crippen LogP contribution in [0.3, 0.4) is 0 Å². The van der Waals surface area contributed by atoms with E-state index in [1.165, 1.54) is 11.8 Å². The van der Waals surface area contributed by atoms with E-state index in [-0.39, 0.29) is 19.2 Å². The maximum atomic E-state index is 12.5. The molecule has 0 saturated carbocycles. The van der Waals surface area contributed by atoms with Gasteiger partial charge in [-0.3, -0.25) is 4.79 Å². The molecule has 2 aromatic rings. The average molecular weight is 569 g/mol. The van der Waals surface area contributed by atoms with Gasteiger partial charge in [-0.15, -0.1) is 11.8 Å². The molecule has 0 radical (unpaired) electrons. The number of fused-ring (bicyclic) bond motifs is 1. The lowest BCUT2D eigenvalue weighted by Gasteiger charge is -2.22. The van der Waals surface area contributed by atoms with Gasteiger partial charge in [-0.2, -0.15) is 0 Å². The molecule has 7 nitrogen and oxygen atoms in total. The molecule has 0 aromatic heterocycles. The standard InChI is InChI=1S/C27H40N2O5S3/c1-20(2)19-36-26(35)37-27(3,4)25(31)34-18-17-33-15-12-29-24-10-6-7-21-22(24)8-5-9-23(21)28-11-14-32-16-13-30/h5-10,20,28-30H,11-19H2,1-4H3. The highest BCUT2D eigenvalue weighted by atomic mass is 32.2. The lowest BCUT2D eigenvalue weighted by atomic mass is 10.1. The molecular weight excluding hydrogens is 529 g/mol. The molecular formula is C27H40N2O5S3. The number of hydrogen-bond acceptors (Lipinski definition) is 10. The Bertz CT molecular complexity index is 988. The summed E-state index contributed by atoms with van der Waals surface area (Å²) < 4.78 is 16.4. The minimum Gasteiger partial charge on any atom is -0.462 e. The molecule has 10 heteroatoms. The monoisotopic (exact) mass is 568 g/mol. The third-order valence-electron chi connectivity index (χ3n) is 5.11. The molecule has 37 heavy (non-hydrogen) atoms. The zero-order valence-electron chi connectivity index (χ0n) is 22.2. The highest BCUT2D eigenvalue weighted by molar-refractivity contribution is 8.47. The highest BCUT2D eigenvalue weighted by Crippen LogP contribution is 2.33. The third kappa shape index (κ3) is 11.8.